The van der Waals surface area contributed by atoms with Crippen LogP contribution >= 0.6 is 0 Å². The van der Waals surface area contributed by atoms with Crippen molar-refractivity contribution in [2.45, 2.75) is 19.9 Å². The number of ketones is 1. The number of amides is 1. The van der Waals surface area contributed by atoms with Gasteiger partial charge in [0.25, 0.3) is 0 Å². The number of hydrogen-bond donors (Lipinski definition) is 2. The normalized spacial score (nSPS) is 11.9. The van der Waals surface area contributed by atoms with Crippen LogP contribution in [-0.2, 0) is 4.79 Å². The lowest BCUT2D eigenvalue weighted by molar-refractivity contribution is -0.115. The molecule has 0 bridgehead atoms. The summed E-state index contributed by atoms with van der Waals surface area (Å²) in [5.74, 6) is -0.110. The van der Waals surface area contributed by atoms with E-state index in [-0.39, 0.29) is 24.3 Å². The quantitative estimate of drug-likeness (QED) is 0.653. The fourth-order valence-corrected chi connectivity index (χ4v) is 2.98. The SMILES string of the molecule is CC(=O)c1ccc(NC(=O)CN[C@@H](C)c2cccc3ccccc23)cc1. The molecule has 0 aliphatic rings. The zero-order valence-corrected chi connectivity index (χ0v) is 15.0. The van der Waals surface area contributed by atoms with Gasteiger partial charge in [-0.1, -0.05) is 42.5 Å². The molecule has 0 unspecified atom stereocenters. The van der Waals surface area contributed by atoms with Gasteiger partial charge in [0.15, 0.2) is 5.78 Å². The number of benzene rings is 3. The topological polar surface area (TPSA) is 58.2 Å². The van der Waals surface area contributed by atoms with Gasteiger partial charge in [0, 0.05) is 17.3 Å². The van der Waals surface area contributed by atoms with E-state index in [2.05, 4.69) is 41.8 Å². The Morgan fingerprint density at radius 3 is 2.35 bits per heavy atom. The highest BCUT2D eigenvalue weighted by Crippen LogP contribution is 2.23. The molecule has 132 valence electrons. The number of carbonyl (C=O) groups excluding carboxylic acids is 2. The predicted octanol–water partition coefficient (Wildman–Crippen LogP) is 4.33. The largest absolute Gasteiger partial charge is 0.325 e. The number of nitrogens with one attached hydrogen (secondary N) is 2. The smallest absolute Gasteiger partial charge is 0.238 e. The van der Waals surface area contributed by atoms with E-state index in [9.17, 15) is 9.59 Å². The van der Waals surface area contributed by atoms with Crippen molar-refractivity contribution in [3.63, 3.8) is 0 Å². The van der Waals surface area contributed by atoms with E-state index in [0.717, 1.165) is 0 Å². The molecule has 0 heterocycles. The zero-order chi connectivity index (χ0) is 18.5. The van der Waals surface area contributed by atoms with Crippen molar-refractivity contribution in [2.75, 3.05) is 11.9 Å². The van der Waals surface area contributed by atoms with Crippen LogP contribution < -0.4 is 10.6 Å². The molecule has 2 N–H and O–H groups in total. The Kier molecular flexibility index (Phi) is 5.44. The van der Waals surface area contributed by atoms with Crippen LogP contribution in [0.2, 0.25) is 0 Å². The lowest BCUT2D eigenvalue weighted by Crippen LogP contribution is -2.30. The average Bonchev–Trinajstić information content (AvgIpc) is 2.66. The van der Waals surface area contributed by atoms with Gasteiger partial charge in [-0.25, -0.2) is 0 Å². The fourth-order valence-electron chi connectivity index (χ4n) is 2.98. The van der Waals surface area contributed by atoms with Crippen molar-refractivity contribution in [3.05, 3.63) is 77.9 Å². The van der Waals surface area contributed by atoms with E-state index in [1.54, 1.807) is 24.3 Å². The first-order chi connectivity index (χ1) is 12.5. The number of Topliss-reactive ketones (excluding diaryl/α,β-unsaturated/α-hetero) is 1. The van der Waals surface area contributed by atoms with Crippen LogP contribution in [0.4, 0.5) is 5.69 Å². The third-order valence-electron chi connectivity index (χ3n) is 4.43. The van der Waals surface area contributed by atoms with E-state index in [1.807, 2.05) is 18.2 Å². The van der Waals surface area contributed by atoms with Crippen molar-refractivity contribution in [1.82, 2.24) is 5.32 Å². The van der Waals surface area contributed by atoms with Crippen LogP contribution in [0, 0.1) is 0 Å². The second-order valence-electron chi connectivity index (χ2n) is 6.35. The monoisotopic (exact) mass is 346 g/mol. The van der Waals surface area contributed by atoms with Gasteiger partial charge in [0.05, 0.1) is 6.54 Å². The summed E-state index contributed by atoms with van der Waals surface area (Å²) in [7, 11) is 0. The summed E-state index contributed by atoms with van der Waals surface area (Å²) >= 11 is 0. The Labute approximate surface area is 153 Å². The minimum atomic E-state index is -0.118. The van der Waals surface area contributed by atoms with Gasteiger partial charge in [0.1, 0.15) is 0 Å². The van der Waals surface area contributed by atoms with Crippen LogP contribution in [0.1, 0.15) is 35.8 Å². The standard InChI is InChI=1S/C22H22N2O2/c1-15(20-9-5-7-18-6-3-4-8-21(18)20)23-14-22(26)24-19-12-10-17(11-13-19)16(2)25/h3-13,15,23H,14H2,1-2H3,(H,24,26)/t15-/m0/s1. The minimum Gasteiger partial charge on any atom is -0.325 e. The Morgan fingerprint density at radius 2 is 1.62 bits per heavy atom. The molecule has 1 atom stereocenters. The van der Waals surface area contributed by atoms with E-state index < -0.39 is 0 Å². The van der Waals surface area contributed by atoms with E-state index >= 15 is 0 Å². The highest BCUT2D eigenvalue weighted by atomic mass is 16.2. The maximum absolute atomic E-state index is 12.2. The molecule has 0 spiro atoms. The molecule has 0 fully saturated rings. The molecular formula is C22H22N2O2. The third-order valence-corrected chi connectivity index (χ3v) is 4.43. The van der Waals surface area contributed by atoms with Crippen LogP contribution in [0.25, 0.3) is 10.8 Å². The van der Waals surface area contributed by atoms with Gasteiger partial charge in [-0.2, -0.15) is 0 Å². The van der Waals surface area contributed by atoms with Crippen LogP contribution in [0.15, 0.2) is 66.7 Å². The minimum absolute atomic E-state index is 0.00783. The molecule has 0 aromatic heterocycles. The molecule has 4 nitrogen and oxygen atoms in total. The number of rotatable bonds is 6. The lowest BCUT2D eigenvalue weighted by Gasteiger charge is -2.16. The molecular weight excluding hydrogens is 324 g/mol. The van der Waals surface area contributed by atoms with Crippen molar-refractivity contribution < 1.29 is 9.59 Å². The van der Waals surface area contributed by atoms with Crippen LogP contribution in [0.3, 0.4) is 0 Å². The second-order valence-corrected chi connectivity index (χ2v) is 6.35. The number of carbonyl (C=O) groups is 2. The summed E-state index contributed by atoms with van der Waals surface area (Å²) in [5, 5.41) is 8.49. The molecule has 26 heavy (non-hydrogen) atoms. The molecule has 0 aliphatic heterocycles. The van der Waals surface area contributed by atoms with Gasteiger partial charge in [-0.05, 0) is 54.4 Å². The Morgan fingerprint density at radius 1 is 0.923 bits per heavy atom. The first-order valence-electron chi connectivity index (χ1n) is 8.66. The highest BCUT2D eigenvalue weighted by Gasteiger charge is 2.11. The van der Waals surface area contributed by atoms with E-state index in [1.165, 1.54) is 23.3 Å². The van der Waals surface area contributed by atoms with Gasteiger partial charge in [-0.15, -0.1) is 0 Å². The molecule has 0 aliphatic carbocycles. The van der Waals surface area contributed by atoms with Gasteiger partial charge < -0.3 is 10.6 Å². The number of fused-ring (bicyclic) bond motifs is 1. The lowest BCUT2D eigenvalue weighted by atomic mass is 10.00. The second kappa shape index (κ2) is 7.93. The molecule has 4 heteroatoms. The van der Waals surface area contributed by atoms with Crippen LogP contribution in [-0.4, -0.2) is 18.2 Å². The highest BCUT2D eigenvalue weighted by molar-refractivity contribution is 5.96. The fraction of sp³-hybridized carbons (Fsp3) is 0.182. The van der Waals surface area contributed by atoms with E-state index in [4.69, 9.17) is 0 Å². The molecule has 0 saturated heterocycles. The molecule has 1 amide bonds. The maximum atomic E-state index is 12.2. The Bertz CT molecular complexity index is 927. The van der Waals surface area contributed by atoms with Crippen molar-refractivity contribution in [2.24, 2.45) is 0 Å². The molecule has 0 radical (unpaired) electrons. The number of hydrogen-bond acceptors (Lipinski definition) is 3. The summed E-state index contributed by atoms with van der Waals surface area (Å²) in [5.41, 5.74) is 2.48. The Hall–Kier alpha value is -2.98. The summed E-state index contributed by atoms with van der Waals surface area (Å²) in [6, 6.07) is 21.4. The first kappa shape index (κ1) is 17.8. The summed E-state index contributed by atoms with van der Waals surface area (Å²) in [4.78, 5) is 23.5. The molecule has 0 saturated carbocycles. The van der Waals surface area contributed by atoms with Gasteiger partial charge in [0.2, 0.25) is 5.91 Å². The Balaban J connectivity index is 1.61. The van der Waals surface area contributed by atoms with Crippen molar-refractivity contribution in [1.29, 1.82) is 0 Å². The first-order valence-corrected chi connectivity index (χ1v) is 8.66. The van der Waals surface area contributed by atoms with Crippen LogP contribution in [0.5, 0.6) is 0 Å². The number of anilines is 1. The maximum Gasteiger partial charge on any atom is 0.238 e. The summed E-state index contributed by atoms with van der Waals surface area (Å²) in [6.07, 6.45) is 0. The summed E-state index contributed by atoms with van der Waals surface area (Å²) < 4.78 is 0. The summed E-state index contributed by atoms with van der Waals surface area (Å²) in [6.45, 7) is 3.78. The van der Waals surface area contributed by atoms with Crippen molar-refractivity contribution in [3.8, 4) is 0 Å². The van der Waals surface area contributed by atoms with Gasteiger partial charge >= 0.3 is 0 Å². The predicted molar refractivity (Wildman–Crippen MR) is 105 cm³/mol. The molecule has 3 aromatic rings. The zero-order valence-electron chi connectivity index (χ0n) is 15.0. The van der Waals surface area contributed by atoms with E-state index in [0.29, 0.717) is 11.3 Å². The van der Waals surface area contributed by atoms with Crippen molar-refractivity contribution >= 4 is 28.2 Å². The molecule has 3 rings (SSSR count). The molecule has 3 aromatic carbocycles. The third kappa shape index (κ3) is 4.16. The average molecular weight is 346 g/mol. The van der Waals surface area contributed by atoms with Gasteiger partial charge in [-0.3, -0.25) is 9.59 Å².